The number of aromatic nitrogens is 2. The fourth-order valence-electron chi connectivity index (χ4n) is 3.31. The standard InChI is InChI=1S/C23H25N3OS/c1-14(2)12-16(5)21(15(3)4)23(27)24-17-9-10-19-18(13-17)25-22(26(19)6)20-8-7-11-28-20/h7-13H,3H2,1-2,4-6H3,(H,24,27)/b21-16+. The van der Waals surface area contributed by atoms with E-state index in [4.69, 9.17) is 4.98 Å². The molecule has 3 aromatic rings. The third kappa shape index (κ3) is 3.99. The van der Waals surface area contributed by atoms with Crippen LogP contribution in [0.15, 0.2) is 70.7 Å². The van der Waals surface area contributed by atoms with Gasteiger partial charge in [0, 0.05) is 18.3 Å². The Balaban J connectivity index is 1.95. The van der Waals surface area contributed by atoms with E-state index in [1.54, 1.807) is 11.3 Å². The predicted octanol–water partition coefficient (Wildman–Crippen LogP) is 6.10. The molecular formula is C23H25N3OS. The van der Waals surface area contributed by atoms with E-state index in [0.29, 0.717) is 5.57 Å². The summed E-state index contributed by atoms with van der Waals surface area (Å²) in [5, 5.41) is 5.04. The molecule has 2 aromatic heterocycles. The first-order chi connectivity index (χ1) is 13.3. The van der Waals surface area contributed by atoms with Gasteiger partial charge in [-0.3, -0.25) is 4.79 Å². The first kappa shape index (κ1) is 19.8. The van der Waals surface area contributed by atoms with Gasteiger partial charge < -0.3 is 9.88 Å². The summed E-state index contributed by atoms with van der Waals surface area (Å²) in [7, 11) is 2.01. The van der Waals surface area contributed by atoms with E-state index in [2.05, 4.69) is 22.5 Å². The van der Waals surface area contributed by atoms with Crippen LogP contribution in [0, 0.1) is 0 Å². The Morgan fingerprint density at radius 1 is 1.21 bits per heavy atom. The van der Waals surface area contributed by atoms with E-state index in [9.17, 15) is 4.79 Å². The molecule has 3 rings (SSSR count). The highest BCUT2D eigenvalue weighted by molar-refractivity contribution is 7.13. The summed E-state index contributed by atoms with van der Waals surface area (Å²) in [6, 6.07) is 9.89. The molecule has 0 aliphatic carbocycles. The number of rotatable bonds is 5. The monoisotopic (exact) mass is 391 g/mol. The summed E-state index contributed by atoms with van der Waals surface area (Å²) >= 11 is 1.66. The Labute approximate surface area is 169 Å². The molecule has 4 nitrogen and oxygen atoms in total. The SMILES string of the molecule is C=C(C)/C(C(=O)Nc1ccc2c(c1)nc(-c1cccs1)n2C)=C(/C)C=C(C)C. The fraction of sp³-hybridized carbons (Fsp3) is 0.217. The minimum Gasteiger partial charge on any atom is -0.326 e. The number of nitrogens with zero attached hydrogens (tertiary/aromatic N) is 2. The zero-order valence-corrected chi connectivity index (χ0v) is 17.8. The van der Waals surface area contributed by atoms with Crippen LogP contribution in [-0.2, 0) is 11.8 Å². The first-order valence-corrected chi connectivity index (χ1v) is 9.99. The van der Waals surface area contributed by atoms with E-state index in [1.165, 1.54) is 0 Å². The lowest BCUT2D eigenvalue weighted by atomic mass is 10.0. The lowest BCUT2D eigenvalue weighted by Crippen LogP contribution is -2.16. The topological polar surface area (TPSA) is 46.9 Å². The van der Waals surface area contributed by atoms with Crippen molar-refractivity contribution < 1.29 is 4.79 Å². The summed E-state index contributed by atoms with van der Waals surface area (Å²) in [6.45, 7) is 11.8. The molecule has 28 heavy (non-hydrogen) atoms. The van der Waals surface area contributed by atoms with Gasteiger partial charge in [0.2, 0.25) is 0 Å². The van der Waals surface area contributed by atoms with Crippen molar-refractivity contribution in [1.82, 2.24) is 9.55 Å². The number of hydrogen-bond donors (Lipinski definition) is 1. The van der Waals surface area contributed by atoms with Crippen LogP contribution in [0.1, 0.15) is 27.7 Å². The van der Waals surface area contributed by atoms with Gasteiger partial charge in [0.1, 0.15) is 0 Å². The predicted molar refractivity (Wildman–Crippen MR) is 120 cm³/mol. The normalized spacial score (nSPS) is 11.9. The Morgan fingerprint density at radius 2 is 1.96 bits per heavy atom. The summed E-state index contributed by atoms with van der Waals surface area (Å²) < 4.78 is 2.07. The number of amides is 1. The van der Waals surface area contributed by atoms with Crippen LogP contribution >= 0.6 is 11.3 Å². The molecule has 0 spiro atoms. The largest absolute Gasteiger partial charge is 0.326 e. The van der Waals surface area contributed by atoms with Crippen LogP contribution in [0.25, 0.3) is 21.7 Å². The summed E-state index contributed by atoms with van der Waals surface area (Å²) in [4.78, 5) is 18.8. The molecule has 144 valence electrons. The van der Waals surface area contributed by atoms with Crippen LogP contribution in [0.5, 0.6) is 0 Å². The van der Waals surface area contributed by atoms with Crippen LogP contribution in [0.2, 0.25) is 0 Å². The Hall–Kier alpha value is -2.92. The van der Waals surface area contributed by atoms with Crippen molar-refractivity contribution in [3.63, 3.8) is 0 Å². The van der Waals surface area contributed by atoms with E-state index < -0.39 is 0 Å². The zero-order valence-electron chi connectivity index (χ0n) is 17.0. The average molecular weight is 392 g/mol. The van der Waals surface area contributed by atoms with Gasteiger partial charge in [-0.15, -0.1) is 11.3 Å². The zero-order chi connectivity index (χ0) is 20.4. The minimum atomic E-state index is -0.156. The average Bonchev–Trinajstić information content (AvgIpc) is 3.22. The second kappa shape index (κ2) is 7.98. The molecule has 5 heteroatoms. The molecule has 1 amide bonds. The number of carbonyl (C=O) groups is 1. The van der Waals surface area contributed by atoms with Gasteiger partial charge in [-0.25, -0.2) is 4.98 Å². The number of aryl methyl sites for hydroxylation is 1. The molecule has 0 saturated carbocycles. The number of thiophene rings is 1. The number of carbonyl (C=O) groups excluding carboxylic acids is 1. The van der Waals surface area contributed by atoms with Gasteiger partial charge in [0.25, 0.3) is 5.91 Å². The van der Waals surface area contributed by atoms with Crippen LogP contribution in [-0.4, -0.2) is 15.5 Å². The van der Waals surface area contributed by atoms with E-state index >= 15 is 0 Å². The third-order valence-electron chi connectivity index (χ3n) is 4.43. The molecule has 0 fully saturated rings. The Kier molecular flexibility index (Phi) is 5.66. The van der Waals surface area contributed by atoms with Gasteiger partial charge in [0.05, 0.1) is 15.9 Å². The highest BCUT2D eigenvalue weighted by atomic mass is 32.1. The summed E-state index contributed by atoms with van der Waals surface area (Å²) in [6.07, 6.45) is 2.00. The van der Waals surface area contributed by atoms with Gasteiger partial charge >= 0.3 is 0 Å². The van der Waals surface area contributed by atoms with Crippen molar-refractivity contribution in [3.8, 4) is 10.7 Å². The Bertz CT molecular complexity index is 1110. The molecule has 0 unspecified atom stereocenters. The maximum Gasteiger partial charge on any atom is 0.256 e. The van der Waals surface area contributed by atoms with Crippen molar-refractivity contribution in [2.75, 3.05) is 5.32 Å². The van der Waals surface area contributed by atoms with E-state index in [-0.39, 0.29) is 5.91 Å². The van der Waals surface area contributed by atoms with Crippen molar-refractivity contribution in [2.24, 2.45) is 7.05 Å². The second-order valence-corrected chi connectivity index (χ2v) is 8.14. The molecule has 1 aromatic carbocycles. The number of allylic oxidation sites excluding steroid dienone is 3. The summed E-state index contributed by atoms with van der Waals surface area (Å²) in [5.41, 5.74) is 6.00. The number of fused-ring (bicyclic) bond motifs is 1. The second-order valence-electron chi connectivity index (χ2n) is 7.19. The first-order valence-electron chi connectivity index (χ1n) is 9.11. The molecule has 0 saturated heterocycles. The number of anilines is 1. The molecule has 1 N–H and O–H groups in total. The quantitative estimate of drug-likeness (QED) is 0.422. The van der Waals surface area contributed by atoms with Gasteiger partial charge in [-0.1, -0.05) is 24.3 Å². The lowest BCUT2D eigenvalue weighted by Gasteiger charge is -2.11. The van der Waals surface area contributed by atoms with Gasteiger partial charge in [-0.2, -0.15) is 0 Å². The molecular weight excluding hydrogens is 366 g/mol. The maximum atomic E-state index is 12.9. The third-order valence-corrected chi connectivity index (χ3v) is 5.30. The van der Waals surface area contributed by atoms with Crippen molar-refractivity contribution in [1.29, 1.82) is 0 Å². The van der Waals surface area contributed by atoms with Gasteiger partial charge in [0.15, 0.2) is 5.82 Å². The van der Waals surface area contributed by atoms with E-state index in [0.717, 1.165) is 44.1 Å². The molecule has 2 heterocycles. The summed E-state index contributed by atoms with van der Waals surface area (Å²) in [5.74, 6) is 0.770. The number of imidazole rings is 1. The highest BCUT2D eigenvalue weighted by Crippen LogP contribution is 2.29. The van der Waals surface area contributed by atoms with Crippen molar-refractivity contribution >= 4 is 34.0 Å². The number of hydrogen-bond acceptors (Lipinski definition) is 3. The highest BCUT2D eigenvalue weighted by Gasteiger charge is 2.15. The molecule has 0 atom stereocenters. The van der Waals surface area contributed by atoms with Gasteiger partial charge in [-0.05, 0) is 68.5 Å². The lowest BCUT2D eigenvalue weighted by molar-refractivity contribution is -0.112. The fourth-order valence-corrected chi connectivity index (χ4v) is 4.06. The van der Waals surface area contributed by atoms with Crippen LogP contribution < -0.4 is 5.32 Å². The number of nitrogens with one attached hydrogen (secondary N) is 1. The smallest absolute Gasteiger partial charge is 0.256 e. The molecule has 0 aliphatic heterocycles. The number of benzene rings is 1. The maximum absolute atomic E-state index is 12.9. The minimum absolute atomic E-state index is 0.156. The van der Waals surface area contributed by atoms with Crippen LogP contribution in [0.4, 0.5) is 5.69 Å². The van der Waals surface area contributed by atoms with E-state index in [1.807, 2.05) is 70.5 Å². The molecule has 0 aliphatic rings. The van der Waals surface area contributed by atoms with Crippen molar-refractivity contribution in [3.05, 3.63) is 70.7 Å². The molecule has 0 radical (unpaired) electrons. The Morgan fingerprint density at radius 3 is 2.57 bits per heavy atom. The van der Waals surface area contributed by atoms with Crippen molar-refractivity contribution in [2.45, 2.75) is 27.7 Å². The van der Waals surface area contributed by atoms with Crippen LogP contribution in [0.3, 0.4) is 0 Å². The molecule has 0 bridgehead atoms.